The van der Waals surface area contributed by atoms with Crippen LogP contribution in [0.3, 0.4) is 0 Å². The van der Waals surface area contributed by atoms with Crippen LogP contribution >= 0.6 is 0 Å². The summed E-state index contributed by atoms with van der Waals surface area (Å²) < 4.78 is 16.7. The van der Waals surface area contributed by atoms with E-state index in [1.165, 1.54) is 6.42 Å². The van der Waals surface area contributed by atoms with Crippen molar-refractivity contribution < 1.29 is 14.0 Å². The molecule has 0 spiro atoms. The topological polar surface area (TPSA) is 60.6 Å². The van der Waals surface area contributed by atoms with Crippen LogP contribution in [-0.2, 0) is 9.47 Å². The van der Waals surface area contributed by atoms with E-state index in [1.54, 1.807) is 0 Å². The maximum Gasteiger partial charge on any atom is 0.229 e. The van der Waals surface area contributed by atoms with E-state index < -0.39 is 0 Å². The third-order valence-electron chi connectivity index (χ3n) is 4.46. The molecule has 6 nitrogen and oxygen atoms in total. The van der Waals surface area contributed by atoms with E-state index >= 15 is 0 Å². The largest absolute Gasteiger partial charge is 0.377 e. The van der Waals surface area contributed by atoms with Crippen LogP contribution in [0.15, 0.2) is 4.52 Å². The summed E-state index contributed by atoms with van der Waals surface area (Å²) >= 11 is 0. The summed E-state index contributed by atoms with van der Waals surface area (Å²) in [6.07, 6.45) is 4.89. The molecule has 124 valence electrons. The summed E-state index contributed by atoms with van der Waals surface area (Å²) in [6.45, 7) is 8.50. The van der Waals surface area contributed by atoms with Gasteiger partial charge in [0.15, 0.2) is 5.82 Å². The van der Waals surface area contributed by atoms with Crippen LogP contribution in [0.25, 0.3) is 0 Å². The van der Waals surface area contributed by atoms with Crippen LogP contribution in [-0.4, -0.2) is 54.1 Å². The predicted molar refractivity (Wildman–Crippen MR) is 81.7 cm³/mol. The van der Waals surface area contributed by atoms with E-state index in [2.05, 4.69) is 28.9 Å². The smallest absolute Gasteiger partial charge is 0.229 e. The lowest BCUT2D eigenvalue weighted by Crippen LogP contribution is -2.29. The maximum atomic E-state index is 5.78. The minimum Gasteiger partial charge on any atom is -0.377 e. The first-order chi connectivity index (χ1) is 10.7. The number of aromatic nitrogens is 2. The van der Waals surface area contributed by atoms with Crippen molar-refractivity contribution in [2.45, 2.75) is 57.6 Å². The van der Waals surface area contributed by atoms with Gasteiger partial charge in [0.2, 0.25) is 5.89 Å². The van der Waals surface area contributed by atoms with E-state index in [1.807, 2.05) is 0 Å². The van der Waals surface area contributed by atoms with Crippen LogP contribution in [0.4, 0.5) is 0 Å². The Bertz CT molecular complexity index is 457. The average molecular weight is 309 g/mol. The molecule has 22 heavy (non-hydrogen) atoms. The Balaban J connectivity index is 1.45. The van der Waals surface area contributed by atoms with Crippen molar-refractivity contribution in [1.82, 2.24) is 15.0 Å². The number of rotatable bonds is 7. The van der Waals surface area contributed by atoms with Crippen molar-refractivity contribution in [2.24, 2.45) is 0 Å². The first kappa shape index (κ1) is 15.9. The lowest BCUT2D eigenvalue weighted by atomic mass is 10.2. The van der Waals surface area contributed by atoms with Gasteiger partial charge in [0.05, 0.1) is 25.4 Å². The maximum absolute atomic E-state index is 5.78. The molecule has 0 aliphatic carbocycles. The number of hydrogen-bond donors (Lipinski definition) is 0. The molecular formula is C16H27N3O3. The van der Waals surface area contributed by atoms with E-state index in [0.29, 0.717) is 6.10 Å². The fourth-order valence-corrected chi connectivity index (χ4v) is 3.18. The highest BCUT2D eigenvalue weighted by molar-refractivity contribution is 4.99. The molecule has 0 bridgehead atoms. The van der Waals surface area contributed by atoms with Gasteiger partial charge in [0, 0.05) is 19.1 Å². The molecule has 2 aliphatic heterocycles. The van der Waals surface area contributed by atoms with Gasteiger partial charge in [-0.25, -0.2) is 0 Å². The molecular weight excluding hydrogens is 282 g/mol. The minimum atomic E-state index is 0.280. The second-order valence-corrected chi connectivity index (χ2v) is 6.55. The van der Waals surface area contributed by atoms with Crippen LogP contribution in [0.5, 0.6) is 0 Å². The predicted octanol–water partition coefficient (Wildman–Crippen LogP) is 2.53. The Labute approximate surface area is 132 Å². The Morgan fingerprint density at radius 3 is 2.95 bits per heavy atom. The van der Waals surface area contributed by atoms with E-state index in [-0.39, 0.29) is 12.0 Å². The van der Waals surface area contributed by atoms with E-state index in [4.69, 9.17) is 14.0 Å². The van der Waals surface area contributed by atoms with Gasteiger partial charge < -0.3 is 14.0 Å². The van der Waals surface area contributed by atoms with E-state index in [0.717, 1.165) is 63.9 Å². The van der Waals surface area contributed by atoms with Gasteiger partial charge in [0.1, 0.15) is 0 Å². The molecule has 2 atom stereocenters. The third kappa shape index (κ3) is 3.86. The Morgan fingerprint density at radius 1 is 1.32 bits per heavy atom. The first-order valence-electron chi connectivity index (χ1n) is 8.51. The normalized spacial score (nSPS) is 26.3. The summed E-state index contributed by atoms with van der Waals surface area (Å²) in [7, 11) is 0. The second kappa shape index (κ2) is 7.53. The first-order valence-corrected chi connectivity index (χ1v) is 8.51. The van der Waals surface area contributed by atoms with Gasteiger partial charge in [-0.05, 0) is 32.2 Å². The van der Waals surface area contributed by atoms with Crippen LogP contribution in [0.1, 0.15) is 63.2 Å². The summed E-state index contributed by atoms with van der Waals surface area (Å²) in [5.74, 6) is 1.85. The lowest BCUT2D eigenvalue weighted by molar-refractivity contribution is 0.00920. The monoisotopic (exact) mass is 309 g/mol. The molecule has 0 saturated carbocycles. The molecule has 1 aromatic heterocycles. The molecule has 0 radical (unpaired) electrons. The molecule has 3 heterocycles. The molecule has 0 aromatic carbocycles. The highest BCUT2D eigenvalue weighted by atomic mass is 16.5. The van der Waals surface area contributed by atoms with Gasteiger partial charge in [0.25, 0.3) is 0 Å². The summed E-state index contributed by atoms with van der Waals surface area (Å²) in [6, 6.07) is 0.280. The zero-order valence-corrected chi connectivity index (χ0v) is 13.7. The van der Waals surface area contributed by atoms with Crippen LogP contribution < -0.4 is 0 Å². The molecule has 0 unspecified atom stereocenters. The number of hydrogen-bond acceptors (Lipinski definition) is 6. The Hall–Kier alpha value is -0.980. The molecule has 2 fully saturated rings. The fourth-order valence-electron chi connectivity index (χ4n) is 3.18. The zero-order chi connectivity index (χ0) is 15.4. The average Bonchev–Trinajstić information content (AvgIpc) is 3.23. The van der Waals surface area contributed by atoms with Crippen molar-refractivity contribution in [3.8, 4) is 0 Å². The van der Waals surface area contributed by atoms with Crippen molar-refractivity contribution in [3.63, 3.8) is 0 Å². The number of nitrogens with zero attached hydrogens (tertiary/aromatic N) is 3. The molecule has 2 aliphatic rings. The van der Waals surface area contributed by atoms with Crippen molar-refractivity contribution in [2.75, 3.05) is 32.9 Å². The molecule has 2 saturated heterocycles. The van der Waals surface area contributed by atoms with Gasteiger partial charge in [-0.2, -0.15) is 4.98 Å². The number of likely N-dealkylation sites (tertiary alicyclic amines) is 1. The third-order valence-corrected chi connectivity index (χ3v) is 4.46. The SMILES string of the molecule is CC(C)c1nc([C@H]2CCCN2CCOC[C@H]2CCCO2)no1. The summed E-state index contributed by atoms with van der Waals surface area (Å²) in [4.78, 5) is 6.96. The molecule has 1 aromatic rings. The molecule has 6 heteroatoms. The summed E-state index contributed by atoms with van der Waals surface area (Å²) in [5, 5.41) is 4.17. The van der Waals surface area contributed by atoms with Gasteiger partial charge >= 0.3 is 0 Å². The quantitative estimate of drug-likeness (QED) is 0.721. The van der Waals surface area contributed by atoms with Gasteiger partial charge in [-0.1, -0.05) is 19.0 Å². The fraction of sp³-hybridized carbons (Fsp3) is 0.875. The molecule has 0 N–H and O–H groups in total. The Morgan fingerprint density at radius 2 is 2.23 bits per heavy atom. The highest BCUT2D eigenvalue weighted by Gasteiger charge is 2.30. The summed E-state index contributed by atoms with van der Waals surface area (Å²) in [5.41, 5.74) is 0. The standard InChI is InChI=1S/C16H27N3O3/c1-12(2)16-17-15(18-22-16)14-6-3-7-19(14)8-10-20-11-13-5-4-9-21-13/h12-14H,3-11H2,1-2H3/t13-,14-/m1/s1. The van der Waals surface area contributed by atoms with Gasteiger partial charge in [-0.3, -0.25) is 4.90 Å². The molecule has 0 amide bonds. The van der Waals surface area contributed by atoms with E-state index in [9.17, 15) is 0 Å². The Kier molecular flexibility index (Phi) is 5.44. The van der Waals surface area contributed by atoms with Crippen molar-refractivity contribution in [1.29, 1.82) is 0 Å². The van der Waals surface area contributed by atoms with Crippen LogP contribution in [0, 0.1) is 0 Å². The zero-order valence-electron chi connectivity index (χ0n) is 13.7. The van der Waals surface area contributed by atoms with Crippen molar-refractivity contribution >= 4 is 0 Å². The highest BCUT2D eigenvalue weighted by Crippen LogP contribution is 2.30. The minimum absolute atomic E-state index is 0.280. The van der Waals surface area contributed by atoms with Gasteiger partial charge in [-0.15, -0.1) is 0 Å². The van der Waals surface area contributed by atoms with Crippen LogP contribution in [0.2, 0.25) is 0 Å². The lowest BCUT2D eigenvalue weighted by Gasteiger charge is -2.22. The second-order valence-electron chi connectivity index (χ2n) is 6.55. The number of ether oxygens (including phenoxy) is 2. The van der Waals surface area contributed by atoms with Crippen molar-refractivity contribution in [3.05, 3.63) is 11.7 Å². The molecule has 3 rings (SSSR count).